The van der Waals surface area contributed by atoms with Gasteiger partial charge in [-0.25, -0.2) is 0 Å². The molecule has 2 aliphatic carbocycles. The van der Waals surface area contributed by atoms with Crippen LogP contribution >= 0.6 is 10.9 Å². The van der Waals surface area contributed by atoms with Crippen molar-refractivity contribution in [3.8, 4) is 11.4 Å². The van der Waals surface area contributed by atoms with Crippen molar-refractivity contribution in [3.63, 3.8) is 0 Å². The van der Waals surface area contributed by atoms with Gasteiger partial charge in [0.2, 0.25) is 0 Å². The lowest BCUT2D eigenvalue weighted by molar-refractivity contribution is 0.235. The van der Waals surface area contributed by atoms with Gasteiger partial charge in [0.1, 0.15) is 11.9 Å². The molecule has 4 aromatic carbocycles. The number of anilines is 2. The normalized spacial score (nSPS) is 22.8. The summed E-state index contributed by atoms with van der Waals surface area (Å²) in [6, 6.07) is 26.7. The minimum atomic E-state index is -0.896. The van der Waals surface area contributed by atoms with Crippen molar-refractivity contribution in [2.45, 2.75) is 155 Å². The van der Waals surface area contributed by atoms with Gasteiger partial charge in [-0.3, -0.25) is 0 Å². The first-order chi connectivity index (χ1) is 30.2. The van der Waals surface area contributed by atoms with Crippen LogP contribution in [0.3, 0.4) is 0 Å². The minimum Gasteiger partial charge on any atom is -0.484 e. The minimum absolute atomic E-state index is 0.00110. The number of rotatable bonds is 8. The van der Waals surface area contributed by atoms with Crippen LogP contribution in [0.15, 0.2) is 136 Å². The molecule has 6 unspecified atom stereocenters. The molecule has 64 heavy (non-hydrogen) atoms. The van der Waals surface area contributed by atoms with E-state index in [9.17, 15) is 0 Å². The number of benzene rings is 4. The summed E-state index contributed by atoms with van der Waals surface area (Å²) < 4.78 is 10.0. The number of aromatic nitrogens is 1. The van der Waals surface area contributed by atoms with E-state index in [1.807, 2.05) is 0 Å². The number of nitrogens with one attached hydrogen (secondary N) is 1. The predicted octanol–water partition coefficient (Wildman–Crippen LogP) is 16.0. The maximum Gasteiger partial charge on any atom is 0.136 e. The van der Waals surface area contributed by atoms with Crippen LogP contribution in [-0.4, -0.2) is 22.8 Å². The lowest BCUT2D eigenvalue weighted by atomic mass is 9.77. The average Bonchev–Trinajstić information content (AvgIpc) is 3.76. The van der Waals surface area contributed by atoms with Crippen LogP contribution in [0, 0.1) is 16.2 Å². The van der Waals surface area contributed by atoms with E-state index in [-0.39, 0.29) is 51.8 Å². The van der Waals surface area contributed by atoms with E-state index in [0.717, 1.165) is 30.7 Å². The quantitative estimate of drug-likeness (QED) is 0.120. The molecule has 5 aliphatic rings. The first-order valence-corrected chi connectivity index (χ1v) is 25.4. The molecule has 4 nitrogen and oxygen atoms in total. The second-order valence-corrected chi connectivity index (χ2v) is 25.2. The average molecular weight is 870 g/mol. The molecule has 1 N–H and O–H groups in total. The molecule has 0 spiro atoms. The van der Waals surface area contributed by atoms with Gasteiger partial charge >= 0.3 is 0 Å². The molecule has 5 aromatic rings. The van der Waals surface area contributed by atoms with E-state index in [0.29, 0.717) is 0 Å². The number of ether oxygens (including phenoxy) is 1. The molecule has 0 bridgehead atoms. The summed E-state index contributed by atoms with van der Waals surface area (Å²) >= 11 is 0. The highest BCUT2D eigenvalue weighted by molar-refractivity contribution is 8.21. The van der Waals surface area contributed by atoms with Gasteiger partial charge in [-0.15, -0.1) is 6.58 Å². The Morgan fingerprint density at radius 1 is 0.875 bits per heavy atom. The van der Waals surface area contributed by atoms with E-state index in [2.05, 4.69) is 215 Å². The van der Waals surface area contributed by atoms with Crippen molar-refractivity contribution in [2.75, 3.05) is 4.90 Å². The van der Waals surface area contributed by atoms with Crippen molar-refractivity contribution < 1.29 is 4.74 Å². The van der Waals surface area contributed by atoms with Crippen LogP contribution in [-0.2, 0) is 5.41 Å². The van der Waals surface area contributed by atoms with Gasteiger partial charge in [0.25, 0.3) is 0 Å². The molecule has 4 heterocycles. The Kier molecular flexibility index (Phi) is 10.1. The predicted molar refractivity (Wildman–Crippen MR) is 276 cm³/mol. The smallest absolute Gasteiger partial charge is 0.136 e. The Labute approximate surface area is 386 Å². The van der Waals surface area contributed by atoms with Crippen molar-refractivity contribution in [3.05, 3.63) is 143 Å². The third-order valence-electron chi connectivity index (χ3n) is 15.3. The highest BCUT2D eigenvalue weighted by Gasteiger charge is 2.50. The zero-order valence-corrected chi connectivity index (χ0v) is 41.7. The Balaban J connectivity index is 1.27. The molecule has 0 fully saturated rings. The number of allylic oxidation sites excluding steroid dienone is 4. The summed E-state index contributed by atoms with van der Waals surface area (Å²) in [5.41, 5.74) is 13.5. The SMILES string of the molecule is C=CC(C)(C)C(C)NC(CCC)c1cccc2c3ccccc3n(-c3cc4c5c(c3)N3c6c(cc(C(C)(C)C)cc6[SH]5C5=CC(C(C)(C)C)=CCC5O4)C4C=C(C(C)(C)C)C=CC43)c12. The molecule has 334 valence electrons. The molecule has 0 saturated heterocycles. The number of para-hydroxylation sites is 2. The van der Waals surface area contributed by atoms with Gasteiger partial charge in [0.05, 0.1) is 39.0 Å². The fourth-order valence-electron chi connectivity index (χ4n) is 11.0. The fraction of sp³-hybridized carbons (Fsp3) is 0.424. The summed E-state index contributed by atoms with van der Waals surface area (Å²) in [4.78, 5) is 7.11. The summed E-state index contributed by atoms with van der Waals surface area (Å²) in [7, 11) is -0.896. The summed E-state index contributed by atoms with van der Waals surface area (Å²) in [5, 5.41) is 6.69. The maximum absolute atomic E-state index is 7.46. The summed E-state index contributed by atoms with van der Waals surface area (Å²) in [5.74, 6) is 1.29. The Morgan fingerprint density at radius 2 is 1.61 bits per heavy atom. The van der Waals surface area contributed by atoms with Gasteiger partial charge in [-0.05, 0) is 87.1 Å². The van der Waals surface area contributed by atoms with Gasteiger partial charge < -0.3 is 19.5 Å². The van der Waals surface area contributed by atoms with Gasteiger partial charge in [-0.1, -0.05) is 162 Å². The van der Waals surface area contributed by atoms with Crippen molar-refractivity contribution >= 4 is 44.1 Å². The highest BCUT2D eigenvalue weighted by Crippen LogP contribution is 2.72. The molecule has 0 radical (unpaired) electrons. The zero-order chi connectivity index (χ0) is 45.4. The van der Waals surface area contributed by atoms with E-state index >= 15 is 0 Å². The monoisotopic (exact) mass is 870 g/mol. The van der Waals surface area contributed by atoms with Crippen LogP contribution in [0.4, 0.5) is 11.4 Å². The van der Waals surface area contributed by atoms with Crippen molar-refractivity contribution in [1.82, 2.24) is 9.88 Å². The first kappa shape index (κ1) is 43.2. The second-order valence-electron chi connectivity index (χ2n) is 23.1. The van der Waals surface area contributed by atoms with Crippen LogP contribution in [0.5, 0.6) is 5.75 Å². The molecular formula is C59H71N3OS. The zero-order valence-electron chi connectivity index (χ0n) is 40.8. The first-order valence-electron chi connectivity index (χ1n) is 24.1. The van der Waals surface area contributed by atoms with Gasteiger partial charge in [-0.2, -0.15) is 10.9 Å². The topological polar surface area (TPSA) is 29.4 Å². The molecule has 1 aromatic heterocycles. The molecular weight excluding hydrogens is 799 g/mol. The number of hydrogen-bond donors (Lipinski definition) is 2. The van der Waals surface area contributed by atoms with Gasteiger partial charge in [0, 0.05) is 51.1 Å². The summed E-state index contributed by atoms with van der Waals surface area (Å²) in [6.45, 7) is 34.7. The number of thiol groups is 1. The Morgan fingerprint density at radius 3 is 2.31 bits per heavy atom. The maximum atomic E-state index is 7.46. The lowest BCUT2D eigenvalue weighted by Crippen LogP contribution is -2.40. The molecule has 5 heteroatoms. The van der Waals surface area contributed by atoms with E-state index in [4.69, 9.17) is 4.74 Å². The largest absolute Gasteiger partial charge is 0.484 e. The van der Waals surface area contributed by atoms with Crippen molar-refractivity contribution in [1.29, 1.82) is 0 Å². The third-order valence-corrected chi connectivity index (χ3v) is 18.0. The van der Waals surface area contributed by atoms with E-state index in [1.54, 1.807) is 0 Å². The molecule has 6 atom stereocenters. The summed E-state index contributed by atoms with van der Waals surface area (Å²) in [6.07, 6.45) is 17.7. The highest BCUT2D eigenvalue weighted by atomic mass is 32.2. The standard InChI is InChI=1S/C59H71N3OS/c1-15-20-45(60-35(3)59(13,14)16-2)42-23-19-22-41-40-21-17-18-24-46(40)61(53(41)42)39-33-48-55-50(34-39)63-49-28-26-37(57(7,8)9)31-51(49)64(55)52-32-38(58(10,11)12)30-44-43-29-36(56(4,5)6)25-27-47(43)62(48)54(44)52/h16-19,21-27,29-35,43,45,47,49,60,64H,2,15,20,28H2,1,3-14H3. The fourth-order valence-corrected chi connectivity index (χ4v) is 14.0. The number of hydrogen-bond acceptors (Lipinski definition) is 3. The Bertz CT molecular complexity index is 2880. The second kappa shape index (κ2) is 14.9. The molecule has 3 aliphatic heterocycles. The molecule has 10 rings (SSSR count). The van der Waals surface area contributed by atoms with Gasteiger partial charge in [0.15, 0.2) is 0 Å². The van der Waals surface area contributed by atoms with E-state index < -0.39 is 10.9 Å². The Hall–Kier alpha value is -4.71. The molecule has 0 saturated carbocycles. The lowest BCUT2D eigenvalue weighted by Gasteiger charge is -2.47. The van der Waals surface area contributed by atoms with E-state index in [1.165, 1.54) is 75.7 Å². The third kappa shape index (κ3) is 6.73. The van der Waals surface area contributed by atoms with Crippen LogP contribution in [0.25, 0.3) is 27.5 Å². The number of fused-ring (bicyclic) bond motifs is 10. The van der Waals surface area contributed by atoms with Crippen LogP contribution in [0.1, 0.15) is 138 Å². The molecule has 0 amide bonds. The number of nitrogens with zero attached hydrogens (tertiary/aromatic N) is 2. The van der Waals surface area contributed by atoms with Crippen molar-refractivity contribution in [2.24, 2.45) is 16.2 Å². The van der Waals surface area contributed by atoms with Crippen LogP contribution in [0.2, 0.25) is 0 Å². The van der Waals surface area contributed by atoms with Crippen LogP contribution < -0.4 is 15.0 Å².